The summed E-state index contributed by atoms with van der Waals surface area (Å²) in [5.41, 5.74) is 0.479. The van der Waals surface area contributed by atoms with Crippen LogP contribution in [0.2, 0.25) is 0 Å². The lowest BCUT2D eigenvalue weighted by Gasteiger charge is -2.25. The Kier molecular flexibility index (Phi) is 6.09. The van der Waals surface area contributed by atoms with Crippen LogP contribution in [0.5, 0.6) is 5.75 Å². The van der Waals surface area contributed by atoms with E-state index in [0.29, 0.717) is 5.56 Å². The molecule has 0 fully saturated rings. The highest BCUT2D eigenvalue weighted by Crippen LogP contribution is 2.24. The van der Waals surface area contributed by atoms with Gasteiger partial charge in [0.1, 0.15) is 5.75 Å². The maximum atomic E-state index is 12.5. The van der Waals surface area contributed by atoms with Crippen molar-refractivity contribution in [2.24, 2.45) is 0 Å². The molecule has 0 saturated carbocycles. The first-order valence-corrected chi connectivity index (χ1v) is 7.87. The van der Waals surface area contributed by atoms with E-state index < -0.39 is 18.1 Å². The Morgan fingerprint density at radius 2 is 1.84 bits per heavy atom. The summed E-state index contributed by atoms with van der Waals surface area (Å²) in [6.07, 6.45) is -1.03. The summed E-state index contributed by atoms with van der Waals surface area (Å²) in [6, 6.07) is 15.1. The molecule has 2 aromatic carbocycles. The number of hydrogen-bond donors (Lipinski definition) is 2. The van der Waals surface area contributed by atoms with Crippen LogP contribution in [0, 0.1) is 0 Å². The zero-order chi connectivity index (χ0) is 18.4. The van der Waals surface area contributed by atoms with Crippen molar-refractivity contribution in [2.45, 2.75) is 32.0 Å². The fraction of sp³-hybridized carbons (Fsp3) is 0.316. The van der Waals surface area contributed by atoms with Crippen molar-refractivity contribution in [3.05, 3.63) is 65.7 Å². The van der Waals surface area contributed by atoms with Crippen molar-refractivity contribution >= 4 is 5.91 Å². The zero-order valence-corrected chi connectivity index (χ0v) is 14.1. The lowest BCUT2D eigenvalue weighted by molar-refractivity contribution is -0.126. The van der Waals surface area contributed by atoms with Crippen LogP contribution in [0.4, 0.5) is 8.78 Å². The second-order valence-electron chi connectivity index (χ2n) is 6.17. The number of aliphatic hydroxyl groups is 1. The molecule has 25 heavy (non-hydrogen) atoms. The molecule has 1 unspecified atom stereocenters. The van der Waals surface area contributed by atoms with E-state index in [4.69, 9.17) is 0 Å². The Balaban J connectivity index is 1.99. The van der Waals surface area contributed by atoms with Gasteiger partial charge in [-0.3, -0.25) is 4.79 Å². The van der Waals surface area contributed by atoms with Gasteiger partial charge in [-0.05, 0) is 37.1 Å². The topological polar surface area (TPSA) is 58.6 Å². The Bertz CT molecular complexity index is 705. The SMILES string of the molecule is CC(C)(C(=O)NCC(O)c1cccc(OC(F)F)c1)c1ccccc1. The van der Waals surface area contributed by atoms with Crippen molar-refractivity contribution in [3.8, 4) is 5.75 Å². The minimum atomic E-state index is -2.93. The summed E-state index contributed by atoms with van der Waals surface area (Å²) in [4.78, 5) is 12.5. The largest absolute Gasteiger partial charge is 0.435 e. The van der Waals surface area contributed by atoms with E-state index in [9.17, 15) is 18.7 Å². The van der Waals surface area contributed by atoms with Gasteiger partial charge in [0.2, 0.25) is 5.91 Å². The molecule has 0 heterocycles. The first-order chi connectivity index (χ1) is 11.8. The zero-order valence-electron chi connectivity index (χ0n) is 14.1. The molecule has 0 aliphatic rings. The molecule has 1 amide bonds. The molecular weight excluding hydrogens is 328 g/mol. The Hall–Kier alpha value is -2.47. The molecule has 0 bridgehead atoms. The monoisotopic (exact) mass is 349 g/mol. The molecule has 0 saturated heterocycles. The highest BCUT2D eigenvalue weighted by Gasteiger charge is 2.29. The van der Waals surface area contributed by atoms with Crippen LogP contribution in [-0.4, -0.2) is 24.2 Å². The molecule has 2 rings (SSSR count). The minimum Gasteiger partial charge on any atom is -0.435 e. The lowest BCUT2D eigenvalue weighted by atomic mass is 9.83. The third-order valence-corrected chi connectivity index (χ3v) is 3.99. The number of ether oxygens (including phenoxy) is 1. The number of nitrogens with one attached hydrogen (secondary N) is 1. The van der Waals surface area contributed by atoms with Crippen molar-refractivity contribution in [1.82, 2.24) is 5.32 Å². The molecule has 0 radical (unpaired) electrons. The summed E-state index contributed by atoms with van der Waals surface area (Å²) < 4.78 is 28.8. The second kappa shape index (κ2) is 8.07. The van der Waals surface area contributed by atoms with Gasteiger partial charge in [-0.2, -0.15) is 8.78 Å². The fourth-order valence-electron chi connectivity index (χ4n) is 2.41. The van der Waals surface area contributed by atoms with Crippen LogP contribution in [-0.2, 0) is 10.2 Å². The van der Waals surface area contributed by atoms with E-state index in [1.165, 1.54) is 18.2 Å². The van der Waals surface area contributed by atoms with E-state index in [2.05, 4.69) is 10.1 Å². The number of amides is 1. The van der Waals surface area contributed by atoms with E-state index in [-0.39, 0.29) is 18.2 Å². The molecule has 0 spiro atoms. The molecule has 2 N–H and O–H groups in total. The molecule has 0 aliphatic heterocycles. The molecule has 0 aliphatic carbocycles. The predicted molar refractivity (Wildman–Crippen MR) is 90.5 cm³/mol. The van der Waals surface area contributed by atoms with Crippen LogP contribution in [0.25, 0.3) is 0 Å². The third kappa shape index (κ3) is 5.00. The van der Waals surface area contributed by atoms with Crippen molar-refractivity contribution in [3.63, 3.8) is 0 Å². The van der Waals surface area contributed by atoms with Gasteiger partial charge in [0.15, 0.2) is 0 Å². The summed E-state index contributed by atoms with van der Waals surface area (Å²) >= 11 is 0. The average molecular weight is 349 g/mol. The van der Waals surface area contributed by atoms with Gasteiger partial charge < -0.3 is 15.2 Å². The van der Waals surface area contributed by atoms with Crippen LogP contribution in [0.3, 0.4) is 0 Å². The third-order valence-electron chi connectivity index (χ3n) is 3.99. The van der Waals surface area contributed by atoms with Crippen molar-refractivity contribution in [2.75, 3.05) is 6.54 Å². The summed E-state index contributed by atoms with van der Waals surface area (Å²) in [6.45, 7) is 0.619. The van der Waals surface area contributed by atoms with Gasteiger partial charge in [-0.15, -0.1) is 0 Å². The van der Waals surface area contributed by atoms with E-state index in [1.807, 2.05) is 30.3 Å². The van der Waals surface area contributed by atoms with Gasteiger partial charge in [0, 0.05) is 6.54 Å². The van der Waals surface area contributed by atoms with Crippen LogP contribution in [0.15, 0.2) is 54.6 Å². The highest BCUT2D eigenvalue weighted by atomic mass is 19.3. The maximum absolute atomic E-state index is 12.5. The van der Waals surface area contributed by atoms with Gasteiger partial charge in [0.25, 0.3) is 0 Å². The van der Waals surface area contributed by atoms with Gasteiger partial charge in [0.05, 0.1) is 11.5 Å². The minimum absolute atomic E-state index is 0.0345. The standard InChI is InChI=1S/C19H21F2NO3/c1-19(2,14-8-4-3-5-9-14)17(24)22-12-16(23)13-7-6-10-15(11-13)25-18(20)21/h3-11,16,18,23H,12H2,1-2H3,(H,22,24). The van der Waals surface area contributed by atoms with Gasteiger partial charge >= 0.3 is 6.61 Å². The number of benzene rings is 2. The Morgan fingerprint density at radius 1 is 1.16 bits per heavy atom. The van der Waals surface area contributed by atoms with Crippen LogP contribution >= 0.6 is 0 Å². The first kappa shape index (κ1) is 18.9. The summed E-state index contributed by atoms with van der Waals surface area (Å²) in [5.74, 6) is -0.278. The van der Waals surface area contributed by atoms with Crippen molar-refractivity contribution < 1.29 is 23.4 Å². The molecule has 6 heteroatoms. The molecular formula is C19H21F2NO3. The molecule has 1 atom stereocenters. The first-order valence-electron chi connectivity index (χ1n) is 7.87. The lowest BCUT2D eigenvalue weighted by Crippen LogP contribution is -2.41. The molecule has 2 aromatic rings. The van der Waals surface area contributed by atoms with Gasteiger partial charge in [-0.1, -0.05) is 42.5 Å². The highest BCUT2D eigenvalue weighted by molar-refractivity contribution is 5.87. The number of rotatable bonds is 7. The van der Waals surface area contributed by atoms with Gasteiger partial charge in [-0.25, -0.2) is 0 Å². The second-order valence-corrected chi connectivity index (χ2v) is 6.17. The number of halogens is 2. The normalized spacial score (nSPS) is 12.7. The Morgan fingerprint density at radius 3 is 2.48 bits per heavy atom. The fourth-order valence-corrected chi connectivity index (χ4v) is 2.41. The van der Waals surface area contributed by atoms with E-state index in [0.717, 1.165) is 5.56 Å². The number of carbonyl (C=O) groups is 1. The predicted octanol–water partition coefficient (Wildman–Crippen LogP) is 3.42. The summed E-state index contributed by atoms with van der Waals surface area (Å²) in [5, 5.41) is 12.9. The maximum Gasteiger partial charge on any atom is 0.387 e. The van der Waals surface area contributed by atoms with Crippen LogP contribution in [0.1, 0.15) is 31.1 Å². The molecule has 4 nitrogen and oxygen atoms in total. The van der Waals surface area contributed by atoms with E-state index in [1.54, 1.807) is 19.9 Å². The van der Waals surface area contributed by atoms with E-state index >= 15 is 0 Å². The number of aliphatic hydroxyl groups excluding tert-OH is 1. The molecule has 0 aromatic heterocycles. The number of carbonyl (C=O) groups excluding carboxylic acids is 1. The molecule has 134 valence electrons. The number of alkyl halides is 2. The summed E-state index contributed by atoms with van der Waals surface area (Å²) in [7, 11) is 0. The Labute approximate surface area is 145 Å². The average Bonchev–Trinajstić information content (AvgIpc) is 2.59. The van der Waals surface area contributed by atoms with Crippen molar-refractivity contribution in [1.29, 1.82) is 0 Å². The number of hydrogen-bond acceptors (Lipinski definition) is 3. The smallest absolute Gasteiger partial charge is 0.387 e. The van der Waals surface area contributed by atoms with Crippen LogP contribution < -0.4 is 10.1 Å². The quantitative estimate of drug-likeness (QED) is 0.805.